The van der Waals surface area contributed by atoms with Gasteiger partial charge in [0.15, 0.2) is 0 Å². The molecule has 5 heteroatoms. The van der Waals surface area contributed by atoms with Crippen molar-refractivity contribution in [1.29, 1.82) is 0 Å². The first-order chi connectivity index (χ1) is 9.45. The van der Waals surface area contributed by atoms with E-state index in [-0.39, 0.29) is 24.5 Å². The Balaban J connectivity index is 2.72. The zero-order valence-corrected chi connectivity index (χ0v) is 13.2. The van der Waals surface area contributed by atoms with Crippen molar-refractivity contribution in [2.45, 2.75) is 33.7 Å². The van der Waals surface area contributed by atoms with Crippen molar-refractivity contribution < 1.29 is 14.3 Å². The summed E-state index contributed by atoms with van der Waals surface area (Å²) in [4.78, 5) is 26.2. The molecule has 0 unspecified atom stereocenters. The van der Waals surface area contributed by atoms with Gasteiger partial charge in [0.05, 0.1) is 6.61 Å². The van der Waals surface area contributed by atoms with E-state index in [1.807, 2.05) is 32.2 Å². The van der Waals surface area contributed by atoms with Gasteiger partial charge in [-0.15, -0.1) is 11.3 Å². The molecule has 0 saturated carbocycles. The fourth-order valence-corrected chi connectivity index (χ4v) is 2.48. The SMILES string of the molecule is CCOC(=O)CN(C(=O)/C=C/c1sccc1C)C(C)C. The molecule has 1 aromatic rings. The number of aryl methyl sites for hydroxylation is 1. The minimum atomic E-state index is -0.379. The number of carbonyl (C=O) groups excluding carboxylic acids is 2. The van der Waals surface area contributed by atoms with Gasteiger partial charge in [-0.05, 0) is 50.8 Å². The van der Waals surface area contributed by atoms with E-state index in [2.05, 4.69) is 0 Å². The third-order valence-electron chi connectivity index (χ3n) is 2.79. The van der Waals surface area contributed by atoms with Gasteiger partial charge in [0.1, 0.15) is 6.54 Å². The van der Waals surface area contributed by atoms with Crippen LogP contribution in [0.25, 0.3) is 6.08 Å². The second kappa shape index (κ2) is 7.85. The first-order valence-corrected chi connectivity index (χ1v) is 7.52. The largest absolute Gasteiger partial charge is 0.465 e. The smallest absolute Gasteiger partial charge is 0.325 e. The topological polar surface area (TPSA) is 46.6 Å². The Labute approximate surface area is 124 Å². The summed E-state index contributed by atoms with van der Waals surface area (Å²) in [5.41, 5.74) is 1.14. The first-order valence-electron chi connectivity index (χ1n) is 6.64. The number of ether oxygens (including phenoxy) is 1. The average molecular weight is 295 g/mol. The Morgan fingerprint density at radius 3 is 2.65 bits per heavy atom. The molecule has 0 aliphatic carbocycles. The third kappa shape index (κ3) is 4.81. The summed E-state index contributed by atoms with van der Waals surface area (Å²) < 4.78 is 4.89. The van der Waals surface area contributed by atoms with E-state index in [1.165, 1.54) is 11.0 Å². The molecule has 0 aliphatic heterocycles. The summed E-state index contributed by atoms with van der Waals surface area (Å²) in [6, 6.07) is 1.95. The van der Waals surface area contributed by atoms with E-state index in [0.29, 0.717) is 6.61 Å². The Morgan fingerprint density at radius 1 is 1.45 bits per heavy atom. The lowest BCUT2D eigenvalue weighted by Gasteiger charge is -2.24. The van der Waals surface area contributed by atoms with Gasteiger partial charge in [0, 0.05) is 17.0 Å². The van der Waals surface area contributed by atoms with Crippen LogP contribution in [-0.4, -0.2) is 36.0 Å². The van der Waals surface area contributed by atoms with Crippen LogP contribution in [0.15, 0.2) is 17.5 Å². The average Bonchev–Trinajstić information content (AvgIpc) is 2.78. The summed E-state index contributed by atoms with van der Waals surface area (Å²) >= 11 is 1.58. The lowest BCUT2D eigenvalue weighted by Crippen LogP contribution is -2.40. The fourth-order valence-electron chi connectivity index (χ4n) is 1.66. The van der Waals surface area contributed by atoms with Crippen LogP contribution in [0.3, 0.4) is 0 Å². The molecule has 110 valence electrons. The number of nitrogens with zero attached hydrogens (tertiary/aromatic N) is 1. The number of hydrogen-bond donors (Lipinski definition) is 0. The minimum absolute atomic E-state index is 0.0158. The molecular weight excluding hydrogens is 274 g/mol. The first kappa shape index (κ1) is 16.4. The molecule has 0 fully saturated rings. The van der Waals surface area contributed by atoms with Gasteiger partial charge >= 0.3 is 5.97 Å². The number of amides is 1. The Bertz CT molecular complexity index is 491. The van der Waals surface area contributed by atoms with Crippen LogP contribution in [-0.2, 0) is 14.3 Å². The van der Waals surface area contributed by atoms with Crippen molar-refractivity contribution in [3.05, 3.63) is 28.0 Å². The maximum atomic E-state index is 12.2. The predicted molar refractivity (Wildman–Crippen MR) is 81.6 cm³/mol. The van der Waals surface area contributed by atoms with Crippen molar-refractivity contribution >= 4 is 29.3 Å². The molecule has 20 heavy (non-hydrogen) atoms. The lowest BCUT2D eigenvalue weighted by molar-refractivity contribution is -0.148. The van der Waals surface area contributed by atoms with Gasteiger partial charge in [-0.1, -0.05) is 0 Å². The van der Waals surface area contributed by atoms with Gasteiger partial charge in [0.25, 0.3) is 0 Å². The van der Waals surface area contributed by atoms with Gasteiger partial charge in [-0.3, -0.25) is 9.59 Å². The van der Waals surface area contributed by atoms with E-state index in [0.717, 1.165) is 10.4 Å². The highest BCUT2D eigenvalue weighted by Gasteiger charge is 2.18. The van der Waals surface area contributed by atoms with Crippen LogP contribution in [0, 0.1) is 6.92 Å². The summed E-state index contributed by atoms with van der Waals surface area (Å²) in [6.07, 6.45) is 3.31. The third-order valence-corrected chi connectivity index (χ3v) is 3.77. The van der Waals surface area contributed by atoms with Crippen LogP contribution in [0.2, 0.25) is 0 Å². The maximum Gasteiger partial charge on any atom is 0.325 e. The van der Waals surface area contributed by atoms with E-state index in [4.69, 9.17) is 4.74 Å². The van der Waals surface area contributed by atoms with Crippen molar-refractivity contribution in [3.63, 3.8) is 0 Å². The second-order valence-corrected chi connectivity index (χ2v) is 5.61. The van der Waals surface area contributed by atoms with Gasteiger partial charge in [-0.2, -0.15) is 0 Å². The molecule has 0 bridgehead atoms. The van der Waals surface area contributed by atoms with Crippen LogP contribution in [0.5, 0.6) is 0 Å². The molecule has 1 heterocycles. The zero-order chi connectivity index (χ0) is 15.1. The molecule has 0 radical (unpaired) electrons. The van der Waals surface area contributed by atoms with E-state index in [9.17, 15) is 9.59 Å². The number of hydrogen-bond acceptors (Lipinski definition) is 4. The molecule has 0 atom stereocenters. The molecule has 1 aromatic heterocycles. The summed E-state index contributed by atoms with van der Waals surface area (Å²) in [7, 11) is 0. The van der Waals surface area contributed by atoms with Crippen LogP contribution < -0.4 is 0 Å². The Morgan fingerprint density at radius 2 is 2.15 bits per heavy atom. The Hall–Kier alpha value is -1.62. The van der Waals surface area contributed by atoms with Crippen LogP contribution >= 0.6 is 11.3 Å². The van der Waals surface area contributed by atoms with Crippen LogP contribution in [0.4, 0.5) is 0 Å². The number of esters is 1. The molecule has 1 amide bonds. The van der Waals surface area contributed by atoms with Gasteiger partial charge in [0.2, 0.25) is 5.91 Å². The summed E-state index contributed by atoms with van der Waals surface area (Å²) in [6.45, 7) is 7.81. The predicted octanol–water partition coefficient (Wildman–Crippen LogP) is 2.87. The molecule has 0 aliphatic rings. The molecule has 4 nitrogen and oxygen atoms in total. The van der Waals surface area contributed by atoms with Gasteiger partial charge in [-0.25, -0.2) is 0 Å². The molecule has 0 N–H and O–H groups in total. The highest BCUT2D eigenvalue weighted by atomic mass is 32.1. The van der Waals surface area contributed by atoms with E-state index < -0.39 is 0 Å². The lowest BCUT2D eigenvalue weighted by atomic mass is 10.2. The van der Waals surface area contributed by atoms with Gasteiger partial charge < -0.3 is 9.64 Å². The highest BCUT2D eigenvalue weighted by Crippen LogP contribution is 2.17. The van der Waals surface area contributed by atoms with Crippen molar-refractivity contribution in [2.24, 2.45) is 0 Å². The number of rotatable bonds is 6. The molecule has 0 aromatic carbocycles. The highest BCUT2D eigenvalue weighted by molar-refractivity contribution is 7.11. The molecule has 0 spiro atoms. The molecular formula is C15H21NO3S. The zero-order valence-electron chi connectivity index (χ0n) is 12.4. The van der Waals surface area contributed by atoms with E-state index in [1.54, 1.807) is 24.3 Å². The van der Waals surface area contributed by atoms with Crippen LogP contribution in [0.1, 0.15) is 31.2 Å². The number of carbonyl (C=O) groups is 2. The standard InChI is InChI=1S/C15H21NO3S/c1-5-19-15(18)10-16(11(2)3)14(17)7-6-13-12(4)8-9-20-13/h6-9,11H,5,10H2,1-4H3/b7-6+. The van der Waals surface area contributed by atoms with Crippen molar-refractivity contribution in [1.82, 2.24) is 4.90 Å². The Kier molecular flexibility index (Phi) is 6.45. The summed E-state index contributed by atoms with van der Waals surface area (Å²) in [5.74, 6) is -0.559. The van der Waals surface area contributed by atoms with Crippen molar-refractivity contribution in [3.8, 4) is 0 Å². The summed E-state index contributed by atoms with van der Waals surface area (Å²) in [5, 5.41) is 1.98. The van der Waals surface area contributed by atoms with E-state index >= 15 is 0 Å². The monoisotopic (exact) mass is 295 g/mol. The minimum Gasteiger partial charge on any atom is -0.465 e. The maximum absolute atomic E-state index is 12.2. The van der Waals surface area contributed by atoms with Crippen molar-refractivity contribution in [2.75, 3.05) is 13.2 Å². The molecule has 0 saturated heterocycles. The number of thiophene rings is 1. The second-order valence-electron chi connectivity index (χ2n) is 4.67. The molecule has 1 rings (SSSR count). The quantitative estimate of drug-likeness (QED) is 0.599. The normalized spacial score (nSPS) is 11.1. The fraction of sp³-hybridized carbons (Fsp3) is 0.467.